The van der Waals surface area contributed by atoms with Gasteiger partial charge in [0, 0.05) is 24.1 Å². The quantitative estimate of drug-likeness (QED) is 0.739. The van der Waals surface area contributed by atoms with Crippen molar-refractivity contribution in [3.8, 4) is 0 Å². The molecular weight excluding hydrogens is 431 g/mol. The van der Waals surface area contributed by atoms with Gasteiger partial charge in [0.2, 0.25) is 18.5 Å². The van der Waals surface area contributed by atoms with Crippen LogP contribution in [0.25, 0.3) is 0 Å². The molecule has 32 heavy (non-hydrogen) atoms. The molecule has 0 spiro atoms. The molecule has 3 heterocycles. The summed E-state index contributed by atoms with van der Waals surface area (Å²) < 4.78 is 54.4. The number of anilines is 1. The van der Waals surface area contributed by atoms with Crippen LogP contribution in [0.2, 0.25) is 0 Å². The Morgan fingerprint density at radius 3 is 2.66 bits per heavy atom. The highest BCUT2D eigenvalue weighted by atomic mass is 19.4. The van der Waals surface area contributed by atoms with E-state index in [-0.39, 0.29) is 31.3 Å². The van der Waals surface area contributed by atoms with Crippen LogP contribution < -0.4 is 4.90 Å². The molecule has 10 heteroatoms. The zero-order chi connectivity index (χ0) is 22.7. The van der Waals surface area contributed by atoms with Gasteiger partial charge in [0.1, 0.15) is 22.7 Å². The molecule has 5 rings (SSSR count). The van der Waals surface area contributed by atoms with E-state index in [0.29, 0.717) is 22.8 Å². The Balaban J connectivity index is 1.55. The molecule has 1 aromatic heterocycles. The van der Waals surface area contributed by atoms with E-state index in [4.69, 9.17) is 13.9 Å². The zero-order valence-electron chi connectivity index (χ0n) is 16.6. The summed E-state index contributed by atoms with van der Waals surface area (Å²) in [4.78, 5) is 15.0. The van der Waals surface area contributed by atoms with Crippen LogP contribution >= 0.6 is 0 Å². The molecule has 0 radical (unpaired) electrons. The largest absolute Gasteiger partial charge is 0.512 e. The molecule has 0 fully saturated rings. The van der Waals surface area contributed by atoms with Gasteiger partial charge in [-0.15, -0.1) is 0 Å². The van der Waals surface area contributed by atoms with Gasteiger partial charge in [-0.05, 0) is 23.8 Å². The number of furan rings is 1. The SMILES string of the molecule is O=C1N(Cc2ccc(C(F)(F)F)o2)c2ccccc2[C@@]1(CO)C1CC2=C(C=C1O)OCO2. The lowest BCUT2D eigenvalue weighted by Crippen LogP contribution is -2.49. The van der Waals surface area contributed by atoms with Gasteiger partial charge in [0.15, 0.2) is 5.76 Å². The van der Waals surface area contributed by atoms with Crippen molar-refractivity contribution in [2.24, 2.45) is 5.92 Å². The van der Waals surface area contributed by atoms with Crippen LogP contribution in [0.15, 0.2) is 64.2 Å². The van der Waals surface area contributed by atoms with Crippen molar-refractivity contribution in [2.75, 3.05) is 18.3 Å². The minimum absolute atomic E-state index is 0.00994. The van der Waals surface area contributed by atoms with Crippen LogP contribution in [0.4, 0.5) is 18.9 Å². The number of nitrogens with zero attached hydrogens (tertiary/aromatic N) is 1. The van der Waals surface area contributed by atoms with Crippen LogP contribution in [0.5, 0.6) is 0 Å². The Hall–Kier alpha value is -3.40. The fourth-order valence-electron chi connectivity index (χ4n) is 4.63. The molecule has 0 bridgehead atoms. The number of carbonyl (C=O) groups excluding carboxylic acids is 1. The predicted molar refractivity (Wildman–Crippen MR) is 103 cm³/mol. The summed E-state index contributed by atoms with van der Waals surface area (Å²) in [6.07, 6.45) is -3.16. The van der Waals surface area contributed by atoms with Crippen molar-refractivity contribution in [3.05, 3.63) is 76.8 Å². The van der Waals surface area contributed by atoms with E-state index in [0.717, 1.165) is 12.1 Å². The minimum atomic E-state index is -4.65. The lowest BCUT2D eigenvalue weighted by atomic mass is 9.68. The molecule has 0 saturated carbocycles. The summed E-state index contributed by atoms with van der Waals surface area (Å²) >= 11 is 0. The summed E-state index contributed by atoms with van der Waals surface area (Å²) in [5, 5.41) is 21.2. The highest BCUT2D eigenvalue weighted by molar-refractivity contribution is 6.08. The first-order chi connectivity index (χ1) is 15.3. The number of rotatable bonds is 4. The summed E-state index contributed by atoms with van der Waals surface area (Å²) in [7, 11) is 0. The lowest BCUT2D eigenvalue weighted by Gasteiger charge is -2.36. The molecule has 2 N–H and O–H groups in total. The number of ether oxygens (including phenoxy) is 2. The third-order valence-corrected chi connectivity index (χ3v) is 6.15. The second kappa shape index (κ2) is 7.06. The van der Waals surface area contributed by atoms with Crippen molar-refractivity contribution in [2.45, 2.75) is 24.6 Å². The maximum atomic E-state index is 13.7. The summed E-state index contributed by atoms with van der Waals surface area (Å²) in [6.45, 7) is -0.903. The molecule has 1 unspecified atom stereocenters. The van der Waals surface area contributed by atoms with Crippen LogP contribution in [0, 0.1) is 5.92 Å². The van der Waals surface area contributed by atoms with E-state index in [1.807, 2.05) is 0 Å². The van der Waals surface area contributed by atoms with Crippen LogP contribution in [0.1, 0.15) is 23.5 Å². The number of benzene rings is 1. The molecule has 0 saturated heterocycles. The Labute approximate surface area is 179 Å². The summed E-state index contributed by atoms with van der Waals surface area (Å²) in [5.41, 5.74) is -0.670. The van der Waals surface area contributed by atoms with E-state index in [1.54, 1.807) is 24.3 Å². The molecule has 2 aliphatic heterocycles. The fraction of sp³-hybridized carbons (Fsp3) is 0.318. The number of aliphatic hydroxyl groups is 2. The molecule has 1 aromatic carbocycles. The van der Waals surface area contributed by atoms with Gasteiger partial charge in [-0.1, -0.05) is 18.2 Å². The van der Waals surface area contributed by atoms with E-state index in [2.05, 4.69) is 0 Å². The number of aliphatic hydroxyl groups excluding tert-OH is 2. The minimum Gasteiger partial charge on any atom is -0.512 e. The molecule has 2 aromatic rings. The molecular formula is C22H18F3NO6. The second-order valence-electron chi connectivity index (χ2n) is 7.82. The number of hydrogen-bond donors (Lipinski definition) is 2. The number of carbonyl (C=O) groups is 1. The molecule has 3 aliphatic rings. The first-order valence-corrected chi connectivity index (χ1v) is 9.83. The van der Waals surface area contributed by atoms with Crippen LogP contribution in [-0.4, -0.2) is 29.5 Å². The first kappa shape index (κ1) is 20.5. The van der Waals surface area contributed by atoms with E-state index >= 15 is 0 Å². The van der Waals surface area contributed by atoms with E-state index in [1.165, 1.54) is 11.0 Å². The Kier molecular flexibility index (Phi) is 4.52. The van der Waals surface area contributed by atoms with Crippen molar-refractivity contribution >= 4 is 11.6 Å². The zero-order valence-corrected chi connectivity index (χ0v) is 16.6. The standard InChI is InChI=1S/C22H18F3NO6/c23-22(24,25)19-6-5-12(32-19)9-26-15-4-2-1-3-13(15)21(10-27,20(26)29)14-7-17-18(8-16(14)28)31-11-30-17/h1-6,8,14,27-28H,7,9-11H2/t14?,21-/m0/s1. The van der Waals surface area contributed by atoms with Gasteiger partial charge >= 0.3 is 6.18 Å². The number of hydrogen-bond acceptors (Lipinski definition) is 6. The summed E-state index contributed by atoms with van der Waals surface area (Å²) in [5.74, 6) is -1.94. The predicted octanol–water partition coefficient (Wildman–Crippen LogP) is 3.75. The van der Waals surface area contributed by atoms with Gasteiger partial charge < -0.3 is 29.0 Å². The van der Waals surface area contributed by atoms with Crippen LogP contribution in [-0.2, 0) is 32.4 Å². The number of allylic oxidation sites excluding steroid dienone is 3. The number of fused-ring (bicyclic) bond motifs is 1. The molecule has 168 valence electrons. The Morgan fingerprint density at radius 1 is 1.16 bits per heavy atom. The monoisotopic (exact) mass is 449 g/mol. The average Bonchev–Trinajstić information content (AvgIpc) is 3.46. The third-order valence-electron chi connectivity index (χ3n) is 6.15. The first-order valence-electron chi connectivity index (χ1n) is 9.83. The molecule has 1 amide bonds. The lowest BCUT2D eigenvalue weighted by molar-refractivity contribution is -0.153. The highest BCUT2D eigenvalue weighted by Crippen LogP contribution is 2.52. The Bertz CT molecular complexity index is 1150. The highest BCUT2D eigenvalue weighted by Gasteiger charge is 2.58. The van der Waals surface area contributed by atoms with Crippen LogP contribution in [0.3, 0.4) is 0 Å². The van der Waals surface area contributed by atoms with Crippen molar-refractivity contribution in [3.63, 3.8) is 0 Å². The fourth-order valence-corrected chi connectivity index (χ4v) is 4.63. The van der Waals surface area contributed by atoms with Gasteiger partial charge in [0.05, 0.1) is 13.2 Å². The normalized spacial score (nSPS) is 24.8. The number of amides is 1. The van der Waals surface area contributed by atoms with E-state index in [9.17, 15) is 28.2 Å². The third kappa shape index (κ3) is 2.89. The van der Waals surface area contributed by atoms with Crippen molar-refractivity contribution < 1.29 is 42.1 Å². The van der Waals surface area contributed by atoms with E-state index < -0.39 is 35.8 Å². The number of halogens is 3. The molecule has 2 atom stereocenters. The summed E-state index contributed by atoms with van der Waals surface area (Å²) in [6, 6.07) is 8.65. The smallest absolute Gasteiger partial charge is 0.449 e. The number of para-hydroxylation sites is 1. The van der Waals surface area contributed by atoms with Crippen molar-refractivity contribution in [1.82, 2.24) is 0 Å². The van der Waals surface area contributed by atoms with Gasteiger partial charge in [-0.2, -0.15) is 13.2 Å². The maximum Gasteiger partial charge on any atom is 0.449 e. The molecule has 7 nitrogen and oxygen atoms in total. The topological polar surface area (TPSA) is 92.4 Å². The second-order valence-corrected chi connectivity index (χ2v) is 7.82. The van der Waals surface area contributed by atoms with Crippen molar-refractivity contribution in [1.29, 1.82) is 0 Å². The number of alkyl halides is 3. The van der Waals surface area contributed by atoms with Gasteiger partial charge in [0.25, 0.3) is 0 Å². The maximum absolute atomic E-state index is 13.7. The van der Waals surface area contributed by atoms with Gasteiger partial charge in [-0.25, -0.2) is 0 Å². The Morgan fingerprint density at radius 2 is 1.94 bits per heavy atom. The molecule has 1 aliphatic carbocycles. The average molecular weight is 449 g/mol. The van der Waals surface area contributed by atoms with Gasteiger partial charge in [-0.3, -0.25) is 4.79 Å².